The summed E-state index contributed by atoms with van der Waals surface area (Å²) in [4.78, 5) is 15.9. The number of nitrogens with one attached hydrogen (secondary N) is 1. The molecule has 0 spiro atoms. The molecule has 1 heterocycles. The number of phenolic OH excluding ortho intramolecular Hbond substituents is 2. The Kier molecular flexibility index (Phi) is 3.63. The van der Waals surface area contributed by atoms with Crippen LogP contribution >= 0.6 is 0 Å². The van der Waals surface area contributed by atoms with Gasteiger partial charge < -0.3 is 21.3 Å². The van der Waals surface area contributed by atoms with Gasteiger partial charge in [-0.2, -0.15) is 0 Å². The van der Waals surface area contributed by atoms with Crippen molar-refractivity contribution in [1.29, 1.82) is 0 Å². The summed E-state index contributed by atoms with van der Waals surface area (Å²) in [5.74, 6) is -0.667. The Hall–Kier alpha value is -2.60. The molecule has 0 unspecified atom stereocenters. The Morgan fingerprint density at radius 3 is 2.58 bits per heavy atom. The van der Waals surface area contributed by atoms with Gasteiger partial charge in [-0.3, -0.25) is 4.79 Å². The number of amides is 1. The summed E-state index contributed by atoms with van der Waals surface area (Å²) in [6.07, 6.45) is 1.57. The van der Waals surface area contributed by atoms with Gasteiger partial charge in [0, 0.05) is 18.3 Å². The van der Waals surface area contributed by atoms with Gasteiger partial charge in [0.1, 0.15) is 5.82 Å². The van der Waals surface area contributed by atoms with Crippen LogP contribution in [0.15, 0.2) is 36.5 Å². The molecule has 5 N–H and O–H groups in total. The van der Waals surface area contributed by atoms with Crippen LogP contribution in [-0.4, -0.2) is 21.1 Å². The number of aromatic hydroxyl groups is 2. The quantitative estimate of drug-likeness (QED) is 0.619. The molecule has 1 aromatic heterocycles. The highest BCUT2D eigenvalue weighted by Crippen LogP contribution is 2.25. The minimum atomic E-state index is -0.428. The third-order valence-electron chi connectivity index (χ3n) is 2.54. The van der Waals surface area contributed by atoms with E-state index in [0.717, 1.165) is 5.56 Å². The second-order valence-electron chi connectivity index (χ2n) is 3.91. The molecule has 0 atom stereocenters. The van der Waals surface area contributed by atoms with Crippen molar-refractivity contribution in [3.05, 3.63) is 47.7 Å². The number of phenols is 2. The molecule has 0 bridgehead atoms. The zero-order valence-electron chi connectivity index (χ0n) is 10.00. The summed E-state index contributed by atoms with van der Waals surface area (Å²) in [5.41, 5.74) is 6.53. The van der Waals surface area contributed by atoms with Crippen molar-refractivity contribution < 1.29 is 15.0 Å². The molecular weight excluding hydrogens is 246 g/mol. The number of anilines is 1. The summed E-state index contributed by atoms with van der Waals surface area (Å²) in [6, 6.07) is 7.23. The summed E-state index contributed by atoms with van der Waals surface area (Å²) >= 11 is 0. The molecule has 6 nitrogen and oxygen atoms in total. The number of nitrogens with zero attached hydrogens (tertiary/aromatic N) is 1. The molecule has 0 radical (unpaired) electrons. The van der Waals surface area contributed by atoms with E-state index >= 15 is 0 Å². The molecule has 2 aromatic rings. The predicted molar refractivity (Wildman–Crippen MR) is 69.9 cm³/mol. The van der Waals surface area contributed by atoms with Gasteiger partial charge in [-0.1, -0.05) is 6.07 Å². The summed E-state index contributed by atoms with van der Waals surface area (Å²) in [7, 11) is 0. The molecule has 0 saturated heterocycles. The van der Waals surface area contributed by atoms with E-state index in [-0.39, 0.29) is 17.1 Å². The summed E-state index contributed by atoms with van der Waals surface area (Å²) < 4.78 is 0. The number of hydrogen-bond acceptors (Lipinski definition) is 5. The molecule has 98 valence electrons. The van der Waals surface area contributed by atoms with E-state index in [2.05, 4.69) is 10.3 Å². The van der Waals surface area contributed by atoms with Crippen LogP contribution in [-0.2, 0) is 6.54 Å². The molecule has 1 amide bonds. The number of benzene rings is 1. The minimum Gasteiger partial charge on any atom is -0.504 e. The normalized spacial score (nSPS) is 10.2. The molecule has 1 aromatic carbocycles. The topological polar surface area (TPSA) is 108 Å². The fourth-order valence-electron chi connectivity index (χ4n) is 1.47. The van der Waals surface area contributed by atoms with E-state index in [1.54, 1.807) is 18.3 Å². The molecule has 0 aliphatic carbocycles. The van der Waals surface area contributed by atoms with Crippen molar-refractivity contribution in [2.75, 3.05) is 5.32 Å². The fraction of sp³-hybridized carbons (Fsp3) is 0.0769. The molecule has 0 aliphatic heterocycles. The molecule has 6 heteroatoms. The fourth-order valence-corrected chi connectivity index (χ4v) is 1.47. The van der Waals surface area contributed by atoms with Crippen LogP contribution in [0.2, 0.25) is 0 Å². The van der Waals surface area contributed by atoms with Gasteiger partial charge in [-0.15, -0.1) is 0 Å². The number of carbonyl (C=O) groups is 1. The first-order chi connectivity index (χ1) is 9.10. The maximum atomic E-state index is 11.9. The highest BCUT2D eigenvalue weighted by Gasteiger charge is 2.09. The smallest absolute Gasteiger partial charge is 0.256 e. The summed E-state index contributed by atoms with van der Waals surface area (Å²) in [6.45, 7) is 0.382. The number of pyridine rings is 1. The maximum absolute atomic E-state index is 11.9. The van der Waals surface area contributed by atoms with E-state index in [0.29, 0.717) is 12.4 Å². The lowest BCUT2D eigenvalue weighted by Gasteiger charge is -2.06. The van der Waals surface area contributed by atoms with Crippen molar-refractivity contribution >= 4 is 11.7 Å². The van der Waals surface area contributed by atoms with Gasteiger partial charge in [0.15, 0.2) is 11.5 Å². The van der Waals surface area contributed by atoms with Gasteiger partial charge >= 0.3 is 0 Å². The third-order valence-corrected chi connectivity index (χ3v) is 2.54. The van der Waals surface area contributed by atoms with Gasteiger partial charge in [-0.25, -0.2) is 4.98 Å². The molecule has 2 rings (SSSR count). The third kappa shape index (κ3) is 2.99. The van der Waals surface area contributed by atoms with Gasteiger partial charge in [0.25, 0.3) is 5.91 Å². The highest BCUT2D eigenvalue weighted by atomic mass is 16.3. The van der Waals surface area contributed by atoms with E-state index in [1.165, 1.54) is 18.2 Å². The largest absolute Gasteiger partial charge is 0.504 e. The molecule has 0 aliphatic rings. The Morgan fingerprint density at radius 2 is 2.00 bits per heavy atom. The molecule has 0 fully saturated rings. The zero-order valence-corrected chi connectivity index (χ0v) is 10.00. The lowest BCUT2D eigenvalue weighted by Crippen LogP contribution is -2.13. The molecule has 19 heavy (non-hydrogen) atoms. The minimum absolute atomic E-state index is 0.222. The van der Waals surface area contributed by atoms with E-state index in [1.807, 2.05) is 0 Å². The van der Waals surface area contributed by atoms with E-state index in [4.69, 9.17) is 10.8 Å². The van der Waals surface area contributed by atoms with Crippen molar-refractivity contribution in [1.82, 2.24) is 4.98 Å². The monoisotopic (exact) mass is 259 g/mol. The Bertz CT molecular complexity index is 597. The van der Waals surface area contributed by atoms with Crippen LogP contribution in [0.3, 0.4) is 0 Å². The first-order valence-electron chi connectivity index (χ1n) is 5.58. The Morgan fingerprint density at radius 1 is 1.21 bits per heavy atom. The number of carbonyl (C=O) groups excluding carboxylic acids is 1. The first kappa shape index (κ1) is 12.8. The number of hydrogen-bond donors (Lipinski definition) is 4. The van der Waals surface area contributed by atoms with Crippen LogP contribution in [0.25, 0.3) is 0 Å². The summed E-state index contributed by atoms with van der Waals surface area (Å²) in [5, 5.41) is 21.1. The first-order valence-corrected chi connectivity index (χ1v) is 5.58. The lowest BCUT2D eigenvalue weighted by atomic mass is 10.2. The average molecular weight is 259 g/mol. The van der Waals surface area contributed by atoms with E-state index < -0.39 is 5.91 Å². The van der Waals surface area contributed by atoms with Crippen molar-refractivity contribution in [3.63, 3.8) is 0 Å². The number of nitrogens with two attached hydrogens (primary N) is 1. The highest BCUT2D eigenvalue weighted by molar-refractivity contribution is 6.04. The zero-order chi connectivity index (χ0) is 13.8. The Balaban J connectivity index is 2.13. The Labute approximate surface area is 109 Å². The second kappa shape index (κ2) is 5.36. The van der Waals surface area contributed by atoms with Crippen LogP contribution in [0.5, 0.6) is 11.5 Å². The molecule has 0 saturated carbocycles. The number of aromatic nitrogens is 1. The predicted octanol–water partition coefficient (Wildman–Crippen LogP) is 1.20. The van der Waals surface area contributed by atoms with Gasteiger partial charge in [0.2, 0.25) is 0 Å². The van der Waals surface area contributed by atoms with Crippen molar-refractivity contribution in [2.45, 2.75) is 6.54 Å². The van der Waals surface area contributed by atoms with Crippen molar-refractivity contribution in [3.8, 4) is 11.5 Å². The second-order valence-corrected chi connectivity index (χ2v) is 3.91. The lowest BCUT2D eigenvalue weighted by molar-refractivity contribution is 0.102. The van der Waals surface area contributed by atoms with Gasteiger partial charge in [0.05, 0.1) is 0 Å². The van der Waals surface area contributed by atoms with Crippen molar-refractivity contribution in [2.24, 2.45) is 5.73 Å². The SMILES string of the molecule is NCc1ccc(NC(=O)c2ccc(O)c(O)c2)nc1. The van der Waals surface area contributed by atoms with Gasteiger partial charge in [-0.05, 0) is 29.8 Å². The van der Waals surface area contributed by atoms with Crippen LogP contribution in [0, 0.1) is 0 Å². The van der Waals surface area contributed by atoms with Crippen LogP contribution in [0.1, 0.15) is 15.9 Å². The van der Waals surface area contributed by atoms with Crippen LogP contribution in [0.4, 0.5) is 5.82 Å². The van der Waals surface area contributed by atoms with E-state index in [9.17, 15) is 9.90 Å². The number of rotatable bonds is 3. The standard InChI is InChI=1S/C13H13N3O3/c14-6-8-1-4-12(15-7-8)16-13(19)9-2-3-10(17)11(18)5-9/h1-5,7,17-18H,6,14H2,(H,15,16,19). The average Bonchev–Trinajstić information content (AvgIpc) is 2.42. The molecular formula is C13H13N3O3. The van der Waals surface area contributed by atoms with Crippen LogP contribution < -0.4 is 11.1 Å². The maximum Gasteiger partial charge on any atom is 0.256 e.